The van der Waals surface area contributed by atoms with Crippen molar-refractivity contribution in [1.82, 2.24) is 10.6 Å². The van der Waals surface area contributed by atoms with E-state index in [1.165, 1.54) is 12.3 Å². The Morgan fingerprint density at radius 1 is 1.38 bits per heavy atom. The van der Waals surface area contributed by atoms with Crippen molar-refractivity contribution in [3.8, 4) is 0 Å². The molecule has 2 N–H and O–H groups in total. The number of amides is 3. The monoisotopic (exact) mass is 298 g/mol. The van der Waals surface area contributed by atoms with Crippen molar-refractivity contribution in [1.29, 1.82) is 0 Å². The average molecular weight is 298 g/mol. The molecule has 2 aliphatic rings. The van der Waals surface area contributed by atoms with Gasteiger partial charge in [-0.3, -0.25) is 10.1 Å². The molecule has 1 aliphatic carbocycles. The molecule has 0 aromatic carbocycles. The van der Waals surface area contributed by atoms with Crippen molar-refractivity contribution in [3.63, 3.8) is 0 Å². The number of rotatable bonds is 6. The van der Waals surface area contributed by atoms with Gasteiger partial charge in [0.15, 0.2) is 6.29 Å². The molecule has 1 saturated heterocycles. The Labute approximate surface area is 124 Å². The van der Waals surface area contributed by atoms with Crippen molar-refractivity contribution >= 4 is 11.9 Å². The van der Waals surface area contributed by atoms with Crippen LogP contribution in [0.15, 0.2) is 12.3 Å². The van der Waals surface area contributed by atoms with Gasteiger partial charge in [0.05, 0.1) is 25.0 Å². The fourth-order valence-electron chi connectivity index (χ4n) is 2.05. The molecule has 21 heavy (non-hydrogen) atoms. The second kappa shape index (κ2) is 7.99. The van der Waals surface area contributed by atoms with Crippen LogP contribution in [0.1, 0.15) is 32.6 Å². The van der Waals surface area contributed by atoms with Gasteiger partial charge in [-0.2, -0.15) is 0 Å². The SMILES string of the molecule is CCO/C=C/C(=O)NC(=O)N[C@H]1C[C@@H]1OC1CCCCO1. The van der Waals surface area contributed by atoms with Crippen LogP contribution < -0.4 is 10.6 Å². The minimum atomic E-state index is -0.526. The van der Waals surface area contributed by atoms with Gasteiger partial charge in [-0.25, -0.2) is 4.79 Å². The Kier molecular flexibility index (Phi) is 6.01. The smallest absolute Gasteiger partial charge is 0.322 e. The maximum Gasteiger partial charge on any atom is 0.322 e. The number of carbonyl (C=O) groups excluding carboxylic acids is 2. The third-order valence-electron chi connectivity index (χ3n) is 3.23. The predicted molar refractivity (Wildman–Crippen MR) is 74.3 cm³/mol. The first-order chi connectivity index (χ1) is 10.2. The molecule has 1 heterocycles. The van der Waals surface area contributed by atoms with Crippen LogP contribution in [0.3, 0.4) is 0 Å². The molecule has 2 fully saturated rings. The van der Waals surface area contributed by atoms with E-state index in [1.807, 2.05) is 0 Å². The Morgan fingerprint density at radius 2 is 2.24 bits per heavy atom. The van der Waals surface area contributed by atoms with Gasteiger partial charge in [0, 0.05) is 12.7 Å². The summed E-state index contributed by atoms with van der Waals surface area (Å²) in [5, 5.41) is 4.88. The fraction of sp³-hybridized carbons (Fsp3) is 0.714. The van der Waals surface area contributed by atoms with Crippen LogP contribution in [0.25, 0.3) is 0 Å². The molecule has 7 heteroatoms. The standard InChI is InChI=1S/C14H22N2O5/c1-2-19-8-6-12(17)16-14(18)15-10-9-11(10)21-13-5-3-4-7-20-13/h6,8,10-11,13H,2-5,7,9H2,1H3,(H2,15,16,17,18)/b8-6+/t10-,11-,13?/m0/s1. The topological polar surface area (TPSA) is 85.9 Å². The zero-order chi connectivity index (χ0) is 15.1. The number of imide groups is 1. The summed E-state index contributed by atoms with van der Waals surface area (Å²) >= 11 is 0. The molecule has 0 aromatic rings. The van der Waals surface area contributed by atoms with Crippen molar-refractivity contribution in [3.05, 3.63) is 12.3 Å². The minimum absolute atomic E-state index is 0.0204. The molecule has 0 spiro atoms. The second-order valence-electron chi connectivity index (χ2n) is 5.03. The number of ether oxygens (including phenoxy) is 3. The zero-order valence-electron chi connectivity index (χ0n) is 12.2. The lowest BCUT2D eigenvalue weighted by molar-refractivity contribution is -0.169. The summed E-state index contributed by atoms with van der Waals surface area (Å²) in [5.74, 6) is -0.519. The van der Waals surface area contributed by atoms with E-state index in [2.05, 4.69) is 10.6 Å². The van der Waals surface area contributed by atoms with E-state index in [9.17, 15) is 9.59 Å². The highest BCUT2D eigenvalue weighted by Gasteiger charge is 2.41. The van der Waals surface area contributed by atoms with Gasteiger partial charge in [-0.05, 0) is 32.6 Å². The normalized spacial score (nSPS) is 28.1. The van der Waals surface area contributed by atoms with Gasteiger partial charge < -0.3 is 19.5 Å². The molecule has 0 bridgehead atoms. The first kappa shape index (κ1) is 15.8. The Morgan fingerprint density at radius 3 is 2.95 bits per heavy atom. The molecular formula is C14H22N2O5. The van der Waals surface area contributed by atoms with Gasteiger partial charge >= 0.3 is 6.03 Å². The lowest BCUT2D eigenvalue weighted by Crippen LogP contribution is -2.41. The number of carbonyl (C=O) groups is 2. The fourth-order valence-corrected chi connectivity index (χ4v) is 2.05. The van der Waals surface area contributed by atoms with E-state index < -0.39 is 11.9 Å². The van der Waals surface area contributed by atoms with E-state index in [0.717, 1.165) is 32.3 Å². The van der Waals surface area contributed by atoms with Gasteiger partial charge in [-0.1, -0.05) is 0 Å². The molecule has 1 unspecified atom stereocenters. The van der Waals surface area contributed by atoms with E-state index >= 15 is 0 Å². The van der Waals surface area contributed by atoms with Crippen molar-refractivity contribution in [2.45, 2.75) is 51.0 Å². The lowest BCUT2D eigenvalue weighted by Gasteiger charge is -2.22. The molecule has 2 rings (SSSR count). The van der Waals surface area contributed by atoms with Crippen LogP contribution in [0.5, 0.6) is 0 Å². The van der Waals surface area contributed by atoms with E-state index in [-0.39, 0.29) is 18.4 Å². The van der Waals surface area contributed by atoms with Crippen LogP contribution >= 0.6 is 0 Å². The molecule has 1 saturated carbocycles. The average Bonchev–Trinajstić information content (AvgIpc) is 3.17. The van der Waals surface area contributed by atoms with Crippen LogP contribution in [0.2, 0.25) is 0 Å². The summed E-state index contributed by atoms with van der Waals surface area (Å²) in [6, 6.07) is -0.582. The third kappa shape index (κ3) is 5.73. The maximum atomic E-state index is 11.6. The minimum Gasteiger partial charge on any atom is -0.501 e. The summed E-state index contributed by atoms with van der Waals surface area (Å²) in [6.45, 7) is 3.01. The number of hydrogen-bond acceptors (Lipinski definition) is 5. The molecule has 3 atom stereocenters. The van der Waals surface area contributed by atoms with Crippen LogP contribution in [-0.2, 0) is 19.0 Å². The summed E-state index contributed by atoms with van der Waals surface area (Å²) in [4.78, 5) is 22.9. The molecule has 3 amide bonds. The van der Waals surface area contributed by atoms with Crippen molar-refractivity contribution in [2.24, 2.45) is 0 Å². The number of hydrogen-bond donors (Lipinski definition) is 2. The first-order valence-corrected chi connectivity index (χ1v) is 7.35. The van der Waals surface area contributed by atoms with Gasteiger partial charge in [0.2, 0.25) is 0 Å². The largest absolute Gasteiger partial charge is 0.501 e. The summed E-state index contributed by atoms with van der Waals surface area (Å²) < 4.78 is 16.1. The zero-order valence-corrected chi connectivity index (χ0v) is 12.2. The quantitative estimate of drug-likeness (QED) is 0.565. The van der Waals surface area contributed by atoms with Gasteiger partial charge in [0.25, 0.3) is 5.91 Å². The first-order valence-electron chi connectivity index (χ1n) is 7.35. The number of urea groups is 1. The number of nitrogens with one attached hydrogen (secondary N) is 2. The molecule has 7 nitrogen and oxygen atoms in total. The molecule has 118 valence electrons. The Balaban J connectivity index is 1.60. The van der Waals surface area contributed by atoms with E-state index in [4.69, 9.17) is 14.2 Å². The summed E-state index contributed by atoms with van der Waals surface area (Å²) in [6.07, 6.45) is 6.07. The second-order valence-corrected chi connectivity index (χ2v) is 5.03. The van der Waals surface area contributed by atoms with E-state index in [1.54, 1.807) is 6.92 Å². The highest BCUT2D eigenvalue weighted by molar-refractivity contribution is 6.00. The summed E-state index contributed by atoms with van der Waals surface area (Å²) in [5.41, 5.74) is 0. The molecule has 0 radical (unpaired) electrons. The highest BCUT2D eigenvalue weighted by atomic mass is 16.7. The van der Waals surface area contributed by atoms with Gasteiger partial charge in [0.1, 0.15) is 0 Å². The van der Waals surface area contributed by atoms with Crippen molar-refractivity contribution in [2.75, 3.05) is 13.2 Å². The molecule has 1 aliphatic heterocycles. The van der Waals surface area contributed by atoms with Crippen LogP contribution in [0, 0.1) is 0 Å². The van der Waals surface area contributed by atoms with Gasteiger partial charge in [-0.15, -0.1) is 0 Å². The molecule has 0 aromatic heterocycles. The Hall–Kier alpha value is -1.60. The maximum absolute atomic E-state index is 11.6. The summed E-state index contributed by atoms with van der Waals surface area (Å²) in [7, 11) is 0. The lowest BCUT2D eigenvalue weighted by atomic mass is 10.2. The van der Waals surface area contributed by atoms with Crippen LogP contribution in [-0.4, -0.2) is 43.6 Å². The van der Waals surface area contributed by atoms with Crippen molar-refractivity contribution < 1.29 is 23.8 Å². The van der Waals surface area contributed by atoms with E-state index in [0.29, 0.717) is 6.61 Å². The Bertz CT molecular complexity index is 393. The highest BCUT2D eigenvalue weighted by Crippen LogP contribution is 2.29. The molecular weight excluding hydrogens is 276 g/mol. The third-order valence-corrected chi connectivity index (χ3v) is 3.23. The predicted octanol–water partition coefficient (Wildman–Crippen LogP) is 1.05. The van der Waals surface area contributed by atoms with Crippen LogP contribution in [0.4, 0.5) is 4.79 Å².